The summed E-state index contributed by atoms with van der Waals surface area (Å²) >= 11 is 0. The molecule has 0 atom stereocenters. The number of hydrogen-bond donors (Lipinski definition) is 0. The normalized spacial score (nSPS) is 22.1. The maximum atomic E-state index is 13.4. The average Bonchev–Trinajstić information content (AvgIpc) is 2.85. The predicted octanol–water partition coefficient (Wildman–Crippen LogP) is 3.30. The van der Waals surface area contributed by atoms with Crippen LogP contribution in [0, 0.1) is 13.8 Å². The fourth-order valence-corrected chi connectivity index (χ4v) is 4.30. The van der Waals surface area contributed by atoms with Crippen molar-refractivity contribution >= 4 is 23.2 Å². The number of carbonyl (C=O) groups excluding carboxylic acids is 2. The van der Waals surface area contributed by atoms with E-state index in [9.17, 15) is 9.59 Å². The first-order chi connectivity index (χ1) is 13.4. The monoisotopic (exact) mass is 386 g/mol. The Balaban J connectivity index is 2.20. The molecule has 2 aliphatic rings. The van der Waals surface area contributed by atoms with Crippen LogP contribution in [0.15, 0.2) is 29.1 Å². The van der Waals surface area contributed by atoms with E-state index in [2.05, 4.69) is 5.16 Å². The highest BCUT2D eigenvalue weighted by molar-refractivity contribution is 6.23. The highest BCUT2D eigenvalue weighted by Crippen LogP contribution is 2.49. The maximum Gasteiger partial charge on any atom is 0.307 e. The van der Waals surface area contributed by atoms with Crippen LogP contribution in [0.2, 0.25) is 0 Å². The summed E-state index contributed by atoms with van der Waals surface area (Å²) in [6, 6.07) is 5.83. The van der Waals surface area contributed by atoms with Crippen LogP contribution in [0.1, 0.15) is 49.3 Å². The van der Waals surface area contributed by atoms with Crippen LogP contribution in [0.5, 0.6) is 0 Å². The van der Waals surface area contributed by atoms with Gasteiger partial charge in [0.25, 0.3) is 5.91 Å². The molecule has 0 N–H and O–H groups in total. The van der Waals surface area contributed by atoms with E-state index in [1.807, 2.05) is 32.0 Å². The molecule has 0 radical (unpaired) electrons. The Morgan fingerprint density at radius 3 is 2.25 bits per heavy atom. The summed E-state index contributed by atoms with van der Waals surface area (Å²) in [7, 11) is 2.98. The fourth-order valence-electron chi connectivity index (χ4n) is 4.30. The van der Waals surface area contributed by atoms with E-state index in [1.165, 1.54) is 26.2 Å². The lowest BCUT2D eigenvalue weighted by molar-refractivity contribution is -0.200. The predicted molar refractivity (Wildman–Crippen MR) is 104 cm³/mol. The summed E-state index contributed by atoms with van der Waals surface area (Å²) in [6.45, 7) is 5.24. The Hall–Kier alpha value is -2.67. The second kappa shape index (κ2) is 7.75. The summed E-state index contributed by atoms with van der Waals surface area (Å²) in [5, 5.41) is 5.42. The van der Waals surface area contributed by atoms with Gasteiger partial charge in [0, 0.05) is 6.92 Å². The number of amides is 1. The van der Waals surface area contributed by atoms with Gasteiger partial charge >= 0.3 is 5.97 Å². The summed E-state index contributed by atoms with van der Waals surface area (Å²) in [5.41, 5.74) is 3.16. The van der Waals surface area contributed by atoms with Crippen LogP contribution in [-0.4, -0.2) is 42.4 Å². The lowest BCUT2D eigenvalue weighted by Gasteiger charge is -2.40. The molecule has 150 valence electrons. The van der Waals surface area contributed by atoms with Crippen molar-refractivity contribution in [3.05, 3.63) is 40.6 Å². The standard InChI is InChI=1S/C21H26N2O5/c1-13-7-6-8-14(2)17(13)18-19(28-15(3)24)21(23(27-5)20(18)25)11-9-16(10-12-21)22-26-4/h6-8H,9-12H2,1-5H3. The molecular formula is C21H26N2O5. The molecule has 7 heteroatoms. The lowest BCUT2D eigenvalue weighted by Crippen LogP contribution is -2.50. The van der Waals surface area contributed by atoms with Gasteiger partial charge in [-0.3, -0.25) is 14.4 Å². The minimum atomic E-state index is -0.839. The average molecular weight is 386 g/mol. The van der Waals surface area contributed by atoms with Crippen molar-refractivity contribution in [3.8, 4) is 0 Å². The Labute approximate surface area is 164 Å². The highest BCUT2D eigenvalue weighted by Gasteiger charge is 2.56. The number of rotatable bonds is 4. The topological polar surface area (TPSA) is 77.4 Å². The van der Waals surface area contributed by atoms with Gasteiger partial charge in [-0.1, -0.05) is 23.4 Å². The molecule has 1 aromatic rings. The lowest BCUT2D eigenvalue weighted by atomic mass is 9.79. The Morgan fingerprint density at radius 1 is 1.14 bits per heavy atom. The van der Waals surface area contributed by atoms with E-state index in [1.54, 1.807) is 0 Å². The fraction of sp³-hybridized carbons (Fsp3) is 0.476. The number of ether oxygens (including phenoxy) is 1. The minimum Gasteiger partial charge on any atom is -0.428 e. The number of esters is 1. The molecule has 1 spiro atoms. The van der Waals surface area contributed by atoms with Crippen molar-refractivity contribution in [1.29, 1.82) is 0 Å². The molecule has 1 saturated carbocycles. The number of hydrogen-bond acceptors (Lipinski definition) is 6. The van der Waals surface area contributed by atoms with E-state index in [0.717, 1.165) is 22.4 Å². The van der Waals surface area contributed by atoms with Gasteiger partial charge in [-0.15, -0.1) is 0 Å². The molecular weight excluding hydrogens is 360 g/mol. The molecule has 0 saturated heterocycles. The summed E-state index contributed by atoms with van der Waals surface area (Å²) < 4.78 is 5.71. The summed E-state index contributed by atoms with van der Waals surface area (Å²) in [5.74, 6) is -0.371. The number of aryl methyl sites for hydroxylation is 2. The first-order valence-electron chi connectivity index (χ1n) is 9.33. The van der Waals surface area contributed by atoms with Crippen molar-refractivity contribution in [2.24, 2.45) is 5.16 Å². The van der Waals surface area contributed by atoms with Crippen molar-refractivity contribution in [2.75, 3.05) is 14.2 Å². The Kier molecular flexibility index (Phi) is 5.56. The zero-order chi connectivity index (χ0) is 20.5. The molecule has 7 nitrogen and oxygen atoms in total. The smallest absolute Gasteiger partial charge is 0.307 e. The number of nitrogens with zero attached hydrogens (tertiary/aromatic N) is 2. The van der Waals surface area contributed by atoms with E-state index < -0.39 is 11.5 Å². The second-order valence-corrected chi connectivity index (χ2v) is 7.22. The number of oxime groups is 1. The van der Waals surface area contributed by atoms with Gasteiger partial charge in [0.1, 0.15) is 18.4 Å². The van der Waals surface area contributed by atoms with Crippen LogP contribution in [0.3, 0.4) is 0 Å². The van der Waals surface area contributed by atoms with E-state index in [-0.39, 0.29) is 5.91 Å². The Morgan fingerprint density at radius 2 is 1.75 bits per heavy atom. The molecule has 1 aromatic carbocycles. The largest absolute Gasteiger partial charge is 0.428 e. The quantitative estimate of drug-likeness (QED) is 0.586. The van der Waals surface area contributed by atoms with Crippen molar-refractivity contribution in [2.45, 2.75) is 52.0 Å². The third-order valence-electron chi connectivity index (χ3n) is 5.47. The van der Waals surface area contributed by atoms with Crippen LogP contribution in [0.25, 0.3) is 5.57 Å². The van der Waals surface area contributed by atoms with Crippen LogP contribution in [-0.2, 0) is 24.0 Å². The van der Waals surface area contributed by atoms with E-state index in [4.69, 9.17) is 14.4 Å². The highest BCUT2D eigenvalue weighted by atomic mass is 16.7. The van der Waals surface area contributed by atoms with Gasteiger partial charge in [0.15, 0.2) is 0 Å². The van der Waals surface area contributed by atoms with Gasteiger partial charge in [0.05, 0.1) is 18.4 Å². The number of benzene rings is 1. The maximum absolute atomic E-state index is 13.4. The molecule has 0 bridgehead atoms. The van der Waals surface area contributed by atoms with Crippen LogP contribution < -0.4 is 0 Å². The molecule has 1 aliphatic heterocycles. The number of hydroxylamine groups is 2. The third kappa shape index (κ3) is 3.20. The van der Waals surface area contributed by atoms with E-state index in [0.29, 0.717) is 37.0 Å². The zero-order valence-corrected chi connectivity index (χ0v) is 17.0. The van der Waals surface area contributed by atoms with Crippen molar-refractivity contribution in [1.82, 2.24) is 5.06 Å². The SMILES string of the molecule is CON=C1CCC2(CC1)C(OC(C)=O)=C(c1c(C)cccc1C)C(=O)N2OC. The van der Waals surface area contributed by atoms with Gasteiger partial charge in [-0.05, 0) is 56.2 Å². The van der Waals surface area contributed by atoms with Gasteiger partial charge in [-0.2, -0.15) is 0 Å². The van der Waals surface area contributed by atoms with Gasteiger partial charge < -0.3 is 9.57 Å². The molecule has 1 amide bonds. The van der Waals surface area contributed by atoms with Crippen LogP contribution >= 0.6 is 0 Å². The van der Waals surface area contributed by atoms with Gasteiger partial charge in [0.2, 0.25) is 0 Å². The zero-order valence-electron chi connectivity index (χ0n) is 17.0. The summed E-state index contributed by atoms with van der Waals surface area (Å²) in [6.07, 6.45) is 2.30. The summed E-state index contributed by atoms with van der Waals surface area (Å²) in [4.78, 5) is 35.8. The van der Waals surface area contributed by atoms with Crippen molar-refractivity contribution in [3.63, 3.8) is 0 Å². The first kappa shape index (κ1) is 20.1. The molecule has 1 aliphatic carbocycles. The minimum absolute atomic E-state index is 0.289. The molecule has 3 rings (SSSR count). The van der Waals surface area contributed by atoms with E-state index >= 15 is 0 Å². The Bertz CT molecular complexity index is 841. The number of carbonyl (C=O) groups is 2. The molecule has 0 aromatic heterocycles. The molecule has 0 unspecified atom stereocenters. The first-order valence-corrected chi connectivity index (χ1v) is 9.33. The molecule has 1 fully saturated rings. The van der Waals surface area contributed by atoms with Gasteiger partial charge in [-0.25, -0.2) is 5.06 Å². The second-order valence-electron chi connectivity index (χ2n) is 7.22. The third-order valence-corrected chi connectivity index (χ3v) is 5.47. The van der Waals surface area contributed by atoms with Crippen LogP contribution in [0.4, 0.5) is 0 Å². The van der Waals surface area contributed by atoms with Crippen molar-refractivity contribution < 1.29 is 24.0 Å². The molecule has 28 heavy (non-hydrogen) atoms. The molecule has 1 heterocycles.